The molecule has 1 aromatic carbocycles. The highest BCUT2D eigenvalue weighted by Gasteiger charge is 2.05. The summed E-state index contributed by atoms with van der Waals surface area (Å²) in [5.74, 6) is -0.964. The Morgan fingerprint density at radius 3 is 2.11 bits per heavy atom. The Balaban J connectivity index is 2.17. The number of carbonyl (C=O) groups is 3. The van der Waals surface area contributed by atoms with Gasteiger partial charge in [0.2, 0.25) is 17.7 Å². The van der Waals surface area contributed by atoms with Gasteiger partial charge in [-0.1, -0.05) is 30.3 Å². The van der Waals surface area contributed by atoms with E-state index in [1.54, 1.807) is 0 Å². The molecule has 0 aromatic heterocycles. The second-order valence-electron chi connectivity index (χ2n) is 3.95. The molecule has 0 unspecified atom stereocenters. The van der Waals surface area contributed by atoms with Gasteiger partial charge in [-0.15, -0.1) is 0 Å². The normalized spacial score (nSPS) is 9.53. The van der Waals surface area contributed by atoms with E-state index in [0.29, 0.717) is 6.54 Å². The highest BCUT2D eigenvalue weighted by atomic mass is 16.2. The molecule has 0 radical (unpaired) electrons. The van der Waals surface area contributed by atoms with Crippen molar-refractivity contribution in [2.45, 2.75) is 13.5 Å². The smallest absolute Gasteiger partial charge is 0.239 e. The molecule has 0 fully saturated rings. The fourth-order valence-corrected chi connectivity index (χ4v) is 1.31. The largest absolute Gasteiger partial charge is 0.350 e. The molecule has 6 nitrogen and oxygen atoms in total. The van der Waals surface area contributed by atoms with E-state index in [-0.39, 0.29) is 24.9 Å². The van der Waals surface area contributed by atoms with Gasteiger partial charge in [0.25, 0.3) is 0 Å². The van der Waals surface area contributed by atoms with Crippen LogP contribution in [0.4, 0.5) is 0 Å². The lowest BCUT2D eigenvalue weighted by atomic mass is 10.2. The molecule has 0 saturated heterocycles. The topological polar surface area (TPSA) is 87.3 Å². The molecule has 0 aliphatic heterocycles. The minimum Gasteiger partial charge on any atom is -0.350 e. The van der Waals surface area contributed by atoms with Crippen molar-refractivity contribution < 1.29 is 14.4 Å². The summed E-state index contributed by atoms with van der Waals surface area (Å²) in [5.41, 5.74) is 0.987. The van der Waals surface area contributed by atoms with Gasteiger partial charge in [0, 0.05) is 13.5 Å². The van der Waals surface area contributed by atoms with Gasteiger partial charge in [0.1, 0.15) is 0 Å². The van der Waals surface area contributed by atoms with Gasteiger partial charge < -0.3 is 16.0 Å². The molecule has 0 saturated carbocycles. The van der Waals surface area contributed by atoms with Crippen LogP contribution in [0.1, 0.15) is 12.5 Å². The van der Waals surface area contributed by atoms with E-state index in [9.17, 15) is 14.4 Å². The highest BCUT2D eigenvalue weighted by Crippen LogP contribution is 1.96. The molecule has 0 spiro atoms. The molecule has 0 bridgehead atoms. The van der Waals surface area contributed by atoms with Crippen molar-refractivity contribution in [2.24, 2.45) is 0 Å². The van der Waals surface area contributed by atoms with Crippen LogP contribution in [0.2, 0.25) is 0 Å². The van der Waals surface area contributed by atoms with Crippen LogP contribution in [-0.2, 0) is 20.9 Å². The van der Waals surface area contributed by atoms with Gasteiger partial charge >= 0.3 is 0 Å². The first-order valence-electron chi connectivity index (χ1n) is 5.89. The van der Waals surface area contributed by atoms with E-state index in [2.05, 4.69) is 16.0 Å². The van der Waals surface area contributed by atoms with Crippen molar-refractivity contribution in [3.8, 4) is 0 Å². The quantitative estimate of drug-likeness (QED) is 0.650. The number of hydrogen-bond acceptors (Lipinski definition) is 3. The van der Waals surface area contributed by atoms with Crippen LogP contribution in [0.25, 0.3) is 0 Å². The summed E-state index contributed by atoms with van der Waals surface area (Å²) in [6, 6.07) is 9.46. The van der Waals surface area contributed by atoms with Crippen molar-refractivity contribution in [1.29, 1.82) is 0 Å². The SMILES string of the molecule is CC(=O)NCC(=O)NCC(=O)NCc1ccccc1. The van der Waals surface area contributed by atoms with Crippen LogP contribution in [-0.4, -0.2) is 30.8 Å². The van der Waals surface area contributed by atoms with Gasteiger partial charge in [-0.3, -0.25) is 14.4 Å². The van der Waals surface area contributed by atoms with Crippen LogP contribution in [0.5, 0.6) is 0 Å². The van der Waals surface area contributed by atoms with E-state index in [4.69, 9.17) is 0 Å². The summed E-state index contributed by atoms with van der Waals surface area (Å²) in [6.45, 7) is 1.51. The number of hydrogen-bond donors (Lipinski definition) is 3. The van der Waals surface area contributed by atoms with E-state index in [1.807, 2.05) is 30.3 Å². The summed E-state index contributed by atoms with van der Waals surface area (Å²) in [6.07, 6.45) is 0. The Hall–Kier alpha value is -2.37. The van der Waals surface area contributed by atoms with Gasteiger partial charge in [-0.25, -0.2) is 0 Å². The van der Waals surface area contributed by atoms with E-state index in [1.165, 1.54) is 6.92 Å². The van der Waals surface area contributed by atoms with Crippen LogP contribution in [0, 0.1) is 0 Å². The monoisotopic (exact) mass is 263 g/mol. The standard InChI is InChI=1S/C13H17N3O3/c1-10(17)14-8-12(18)16-9-13(19)15-7-11-5-3-2-4-6-11/h2-6H,7-9H2,1H3,(H,14,17)(H,15,19)(H,16,18). The molecule has 1 aromatic rings. The van der Waals surface area contributed by atoms with Crippen LogP contribution < -0.4 is 16.0 Å². The zero-order valence-corrected chi connectivity index (χ0v) is 10.7. The number of carbonyl (C=O) groups excluding carboxylic acids is 3. The van der Waals surface area contributed by atoms with E-state index in [0.717, 1.165) is 5.56 Å². The zero-order chi connectivity index (χ0) is 14.1. The molecule has 0 atom stereocenters. The average molecular weight is 263 g/mol. The van der Waals surface area contributed by atoms with Crippen molar-refractivity contribution in [1.82, 2.24) is 16.0 Å². The maximum Gasteiger partial charge on any atom is 0.239 e. The summed E-state index contributed by atoms with van der Waals surface area (Å²) in [7, 11) is 0. The number of rotatable bonds is 6. The molecule has 3 N–H and O–H groups in total. The van der Waals surface area contributed by atoms with E-state index < -0.39 is 5.91 Å². The summed E-state index contributed by atoms with van der Waals surface area (Å²) < 4.78 is 0. The van der Waals surface area contributed by atoms with Crippen molar-refractivity contribution >= 4 is 17.7 Å². The Kier molecular flexibility index (Phi) is 6.08. The Morgan fingerprint density at radius 1 is 0.895 bits per heavy atom. The first-order valence-corrected chi connectivity index (χ1v) is 5.89. The summed E-state index contributed by atoms with van der Waals surface area (Å²) >= 11 is 0. The van der Waals surface area contributed by atoms with E-state index >= 15 is 0 Å². The molecular weight excluding hydrogens is 246 g/mol. The van der Waals surface area contributed by atoms with Gasteiger partial charge in [-0.05, 0) is 5.56 Å². The van der Waals surface area contributed by atoms with Crippen molar-refractivity contribution in [3.05, 3.63) is 35.9 Å². The number of nitrogens with one attached hydrogen (secondary N) is 3. The molecule has 102 valence electrons. The molecule has 0 heterocycles. The molecule has 19 heavy (non-hydrogen) atoms. The van der Waals surface area contributed by atoms with Crippen LogP contribution in [0.15, 0.2) is 30.3 Å². The summed E-state index contributed by atoms with van der Waals surface area (Å²) in [5, 5.41) is 7.43. The predicted octanol–water partition coefficient (Wildman–Crippen LogP) is -0.445. The molecule has 3 amide bonds. The predicted molar refractivity (Wildman–Crippen MR) is 70.0 cm³/mol. The fourth-order valence-electron chi connectivity index (χ4n) is 1.31. The van der Waals surface area contributed by atoms with Crippen LogP contribution in [0.3, 0.4) is 0 Å². The molecule has 0 aliphatic rings. The van der Waals surface area contributed by atoms with Crippen molar-refractivity contribution in [3.63, 3.8) is 0 Å². The lowest BCUT2D eigenvalue weighted by Gasteiger charge is -2.07. The maximum atomic E-state index is 11.4. The maximum absolute atomic E-state index is 11.4. The highest BCUT2D eigenvalue weighted by molar-refractivity contribution is 5.87. The Labute approximate surface area is 111 Å². The fraction of sp³-hybridized carbons (Fsp3) is 0.308. The van der Waals surface area contributed by atoms with Gasteiger partial charge in [0.05, 0.1) is 13.1 Å². The van der Waals surface area contributed by atoms with Crippen molar-refractivity contribution in [2.75, 3.05) is 13.1 Å². The molecule has 0 aliphatic carbocycles. The van der Waals surface area contributed by atoms with Gasteiger partial charge in [0.15, 0.2) is 0 Å². The third-order valence-corrected chi connectivity index (χ3v) is 2.28. The first kappa shape index (κ1) is 14.7. The number of benzene rings is 1. The lowest BCUT2D eigenvalue weighted by molar-refractivity contribution is -0.127. The Morgan fingerprint density at radius 2 is 1.47 bits per heavy atom. The van der Waals surface area contributed by atoms with Crippen LogP contribution >= 0.6 is 0 Å². The minimum absolute atomic E-state index is 0.106. The third-order valence-electron chi connectivity index (χ3n) is 2.28. The molecular formula is C13H17N3O3. The third kappa shape index (κ3) is 6.82. The zero-order valence-electron chi connectivity index (χ0n) is 10.7. The average Bonchev–Trinajstić information content (AvgIpc) is 2.41. The lowest BCUT2D eigenvalue weighted by Crippen LogP contribution is -2.41. The molecule has 1 rings (SSSR count). The first-order chi connectivity index (χ1) is 9.08. The second kappa shape index (κ2) is 7.86. The number of amides is 3. The second-order valence-corrected chi connectivity index (χ2v) is 3.95. The summed E-state index contributed by atoms with van der Waals surface area (Å²) in [4.78, 5) is 33.2. The minimum atomic E-state index is -0.398. The Bertz CT molecular complexity index is 446. The van der Waals surface area contributed by atoms with Gasteiger partial charge in [-0.2, -0.15) is 0 Å². The molecule has 6 heteroatoms.